The minimum absolute atomic E-state index is 0.514. The minimum atomic E-state index is -0.556. The lowest BCUT2D eigenvalue weighted by molar-refractivity contribution is 0.584. The van der Waals surface area contributed by atoms with Gasteiger partial charge in [-0.2, -0.15) is 9.65 Å². The Hall–Kier alpha value is -2.41. The van der Waals surface area contributed by atoms with Crippen LogP contribution in [0.15, 0.2) is 42.6 Å². The molecule has 0 amide bonds. The van der Waals surface area contributed by atoms with E-state index in [1.165, 1.54) is 12.3 Å². The van der Waals surface area contributed by atoms with Gasteiger partial charge in [0, 0.05) is 18.0 Å². The highest BCUT2D eigenvalue weighted by atomic mass is 19.1. The molecule has 1 N–H and O–H groups in total. The Balaban J connectivity index is 2.31. The molecule has 0 saturated carbocycles. The summed E-state index contributed by atoms with van der Waals surface area (Å²) in [5.74, 6) is -0.556. The SMILES string of the molecule is N#Cc1ccccc1Nc1ccnc(F)c1. The molecule has 16 heavy (non-hydrogen) atoms. The van der Waals surface area contributed by atoms with Gasteiger partial charge in [-0.25, -0.2) is 4.98 Å². The van der Waals surface area contributed by atoms with E-state index >= 15 is 0 Å². The summed E-state index contributed by atoms with van der Waals surface area (Å²) in [7, 11) is 0. The molecule has 1 heterocycles. The first-order chi connectivity index (χ1) is 7.79. The van der Waals surface area contributed by atoms with Crippen molar-refractivity contribution in [2.45, 2.75) is 0 Å². The number of nitriles is 1. The number of para-hydroxylation sites is 1. The molecule has 0 bridgehead atoms. The highest BCUT2D eigenvalue weighted by Gasteiger charge is 2.01. The van der Waals surface area contributed by atoms with Crippen molar-refractivity contribution in [2.75, 3.05) is 5.32 Å². The van der Waals surface area contributed by atoms with Gasteiger partial charge in [0.2, 0.25) is 5.95 Å². The molecule has 1 aromatic heterocycles. The first kappa shape index (κ1) is 10.1. The van der Waals surface area contributed by atoms with Crippen molar-refractivity contribution in [3.63, 3.8) is 0 Å². The topological polar surface area (TPSA) is 48.7 Å². The van der Waals surface area contributed by atoms with Crippen LogP contribution < -0.4 is 5.32 Å². The summed E-state index contributed by atoms with van der Waals surface area (Å²) in [6.07, 6.45) is 1.37. The Kier molecular flexibility index (Phi) is 2.79. The highest BCUT2D eigenvalue weighted by Crippen LogP contribution is 2.19. The molecule has 0 saturated heterocycles. The number of aromatic nitrogens is 1. The summed E-state index contributed by atoms with van der Waals surface area (Å²) < 4.78 is 12.8. The van der Waals surface area contributed by atoms with Crippen LogP contribution in [0.4, 0.5) is 15.8 Å². The first-order valence-electron chi connectivity index (χ1n) is 4.67. The highest BCUT2D eigenvalue weighted by molar-refractivity contribution is 5.65. The quantitative estimate of drug-likeness (QED) is 0.780. The Morgan fingerprint density at radius 2 is 2.06 bits per heavy atom. The largest absolute Gasteiger partial charge is 0.354 e. The van der Waals surface area contributed by atoms with Gasteiger partial charge in [-0.1, -0.05) is 12.1 Å². The Labute approximate surface area is 92.2 Å². The maximum absolute atomic E-state index is 12.8. The summed E-state index contributed by atoms with van der Waals surface area (Å²) in [5, 5.41) is 11.8. The van der Waals surface area contributed by atoms with E-state index in [0.717, 1.165) is 0 Å². The van der Waals surface area contributed by atoms with Crippen LogP contribution in [0.5, 0.6) is 0 Å². The van der Waals surface area contributed by atoms with Crippen LogP contribution in [-0.4, -0.2) is 4.98 Å². The normalized spacial score (nSPS) is 9.50. The van der Waals surface area contributed by atoms with Crippen molar-refractivity contribution in [1.82, 2.24) is 4.98 Å². The fraction of sp³-hybridized carbons (Fsp3) is 0. The Bertz CT molecular complexity index is 546. The molecule has 0 radical (unpaired) electrons. The van der Waals surface area contributed by atoms with Gasteiger partial charge in [0.1, 0.15) is 6.07 Å². The summed E-state index contributed by atoms with van der Waals surface area (Å²) in [4.78, 5) is 3.45. The number of hydrogen-bond donors (Lipinski definition) is 1. The molecule has 1 aromatic carbocycles. The average molecular weight is 213 g/mol. The van der Waals surface area contributed by atoms with Gasteiger partial charge in [-0.3, -0.25) is 0 Å². The lowest BCUT2D eigenvalue weighted by Gasteiger charge is -2.07. The Morgan fingerprint density at radius 3 is 2.81 bits per heavy atom. The second-order valence-corrected chi connectivity index (χ2v) is 3.15. The number of halogens is 1. The fourth-order valence-electron chi connectivity index (χ4n) is 1.33. The number of rotatable bonds is 2. The van der Waals surface area contributed by atoms with Crippen LogP contribution >= 0.6 is 0 Å². The van der Waals surface area contributed by atoms with Gasteiger partial charge in [0.15, 0.2) is 0 Å². The van der Waals surface area contributed by atoms with Gasteiger partial charge >= 0.3 is 0 Å². The van der Waals surface area contributed by atoms with E-state index in [-0.39, 0.29) is 0 Å². The van der Waals surface area contributed by atoms with Crippen LogP contribution in [0.3, 0.4) is 0 Å². The number of pyridine rings is 1. The number of hydrogen-bond acceptors (Lipinski definition) is 3. The smallest absolute Gasteiger partial charge is 0.214 e. The maximum atomic E-state index is 12.8. The average Bonchev–Trinajstić information content (AvgIpc) is 2.30. The Morgan fingerprint density at radius 1 is 1.25 bits per heavy atom. The molecule has 0 atom stereocenters. The molecule has 3 nitrogen and oxygen atoms in total. The van der Waals surface area contributed by atoms with Gasteiger partial charge in [0.05, 0.1) is 11.3 Å². The van der Waals surface area contributed by atoms with Crippen LogP contribution in [0, 0.1) is 17.3 Å². The van der Waals surface area contributed by atoms with E-state index in [4.69, 9.17) is 5.26 Å². The van der Waals surface area contributed by atoms with E-state index in [1.807, 2.05) is 0 Å². The fourth-order valence-corrected chi connectivity index (χ4v) is 1.33. The molecule has 0 aliphatic rings. The summed E-state index contributed by atoms with van der Waals surface area (Å²) in [6, 6.07) is 12.0. The molecule has 0 fully saturated rings. The summed E-state index contributed by atoms with van der Waals surface area (Å²) in [5.41, 5.74) is 1.73. The van der Waals surface area contributed by atoms with Crippen LogP contribution in [0.2, 0.25) is 0 Å². The van der Waals surface area contributed by atoms with Gasteiger partial charge in [-0.05, 0) is 18.2 Å². The first-order valence-corrected chi connectivity index (χ1v) is 4.67. The lowest BCUT2D eigenvalue weighted by atomic mass is 10.2. The lowest BCUT2D eigenvalue weighted by Crippen LogP contribution is -1.94. The van der Waals surface area contributed by atoms with Crippen LogP contribution in [0.1, 0.15) is 5.56 Å². The molecule has 2 aromatic rings. The predicted octanol–water partition coefficient (Wildman–Crippen LogP) is 2.84. The third-order valence-electron chi connectivity index (χ3n) is 2.05. The maximum Gasteiger partial charge on any atom is 0.214 e. The van der Waals surface area contributed by atoms with Crippen molar-refractivity contribution in [3.05, 3.63) is 54.1 Å². The molecule has 78 valence electrons. The van der Waals surface area contributed by atoms with Crippen molar-refractivity contribution in [2.24, 2.45) is 0 Å². The van der Waals surface area contributed by atoms with Crippen molar-refractivity contribution >= 4 is 11.4 Å². The molecule has 0 unspecified atom stereocenters. The minimum Gasteiger partial charge on any atom is -0.354 e. The molecule has 0 aliphatic heterocycles. The third kappa shape index (κ3) is 2.15. The molecule has 0 spiro atoms. The number of benzene rings is 1. The molecular formula is C12H8FN3. The zero-order chi connectivity index (χ0) is 11.4. The standard InChI is InChI=1S/C12H8FN3/c13-12-7-10(5-6-15-12)16-11-4-2-1-3-9(11)8-14/h1-7H,(H,15,16). The van der Waals surface area contributed by atoms with Gasteiger partial charge in [0.25, 0.3) is 0 Å². The zero-order valence-corrected chi connectivity index (χ0v) is 8.31. The monoisotopic (exact) mass is 213 g/mol. The number of nitrogens with zero attached hydrogens (tertiary/aromatic N) is 2. The van der Waals surface area contributed by atoms with Crippen molar-refractivity contribution < 1.29 is 4.39 Å². The molecule has 0 aliphatic carbocycles. The molecular weight excluding hydrogens is 205 g/mol. The van der Waals surface area contributed by atoms with E-state index in [0.29, 0.717) is 16.9 Å². The third-order valence-corrected chi connectivity index (χ3v) is 2.05. The van der Waals surface area contributed by atoms with Crippen LogP contribution in [0.25, 0.3) is 0 Å². The number of anilines is 2. The number of nitrogens with one attached hydrogen (secondary N) is 1. The second-order valence-electron chi connectivity index (χ2n) is 3.15. The van der Waals surface area contributed by atoms with E-state index in [9.17, 15) is 4.39 Å². The van der Waals surface area contributed by atoms with Gasteiger partial charge < -0.3 is 5.32 Å². The summed E-state index contributed by atoms with van der Waals surface area (Å²) >= 11 is 0. The van der Waals surface area contributed by atoms with Crippen molar-refractivity contribution in [1.29, 1.82) is 5.26 Å². The summed E-state index contributed by atoms with van der Waals surface area (Å²) in [6.45, 7) is 0. The van der Waals surface area contributed by atoms with Crippen molar-refractivity contribution in [3.8, 4) is 6.07 Å². The molecule has 2 rings (SSSR count). The second kappa shape index (κ2) is 4.41. The van der Waals surface area contributed by atoms with E-state index in [1.54, 1.807) is 30.3 Å². The zero-order valence-electron chi connectivity index (χ0n) is 8.31. The van der Waals surface area contributed by atoms with Crippen LogP contribution in [-0.2, 0) is 0 Å². The van der Waals surface area contributed by atoms with E-state index in [2.05, 4.69) is 16.4 Å². The predicted molar refractivity (Wildman–Crippen MR) is 58.6 cm³/mol. The molecule has 4 heteroatoms. The van der Waals surface area contributed by atoms with Gasteiger partial charge in [-0.15, -0.1) is 0 Å². The van der Waals surface area contributed by atoms with E-state index < -0.39 is 5.95 Å².